The molecule has 42 heavy (non-hydrogen) atoms. The minimum absolute atomic E-state index is 0.113. The van der Waals surface area contributed by atoms with Crippen LogP contribution in [-0.4, -0.2) is 51.7 Å². The van der Waals surface area contributed by atoms with Gasteiger partial charge in [-0.05, 0) is 68.4 Å². The fourth-order valence-corrected chi connectivity index (χ4v) is 5.22. The van der Waals surface area contributed by atoms with Gasteiger partial charge in [-0.15, -0.1) is 0 Å². The molecule has 1 N–H and O–H groups in total. The van der Waals surface area contributed by atoms with E-state index in [1.807, 2.05) is 36.4 Å². The molecule has 2 aliphatic rings. The number of nitrogens with zero attached hydrogens (tertiary/aromatic N) is 2. The summed E-state index contributed by atoms with van der Waals surface area (Å²) in [4.78, 5) is 2.27. The van der Waals surface area contributed by atoms with E-state index < -0.39 is 12.8 Å². The van der Waals surface area contributed by atoms with Gasteiger partial charge in [0.2, 0.25) is 0 Å². The standard InChI is InChI=1S/C33H38F3N3O3/c1-24(38-14-18-41-30-11-6-7-12-31(30)42-23-33(34,35)36)19-26-20-28-13-16-39(32(28)29(21-26)22-37)15-8-17-40-25(2)27-9-4-3-5-10-27/h3-5,9-12,20-21,24,38H,2,6-8,13-19,23H2,1H3/t24-/m1/s1. The molecule has 0 aromatic heterocycles. The third-order valence-corrected chi connectivity index (χ3v) is 7.14. The molecule has 0 unspecified atom stereocenters. The van der Waals surface area contributed by atoms with Crippen LogP contribution in [0, 0.1) is 11.3 Å². The minimum atomic E-state index is -4.39. The van der Waals surface area contributed by atoms with Crippen LogP contribution in [0.4, 0.5) is 18.9 Å². The van der Waals surface area contributed by atoms with Gasteiger partial charge in [0.25, 0.3) is 0 Å². The second-order valence-electron chi connectivity index (χ2n) is 10.5. The summed E-state index contributed by atoms with van der Waals surface area (Å²) in [5.41, 5.74) is 4.97. The number of alkyl halides is 3. The van der Waals surface area contributed by atoms with Gasteiger partial charge < -0.3 is 24.4 Å². The van der Waals surface area contributed by atoms with Gasteiger partial charge in [-0.25, -0.2) is 0 Å². The summed E-state index contributed by atoms with van der Waals surface area (Å²) in [6.07, 6.45) is 2.78. The maximum Gasteiger partial charge on any atom is 0.422 e. The number of benzene rings is 2. The van der Waals surface area contributed by atoms with Crippen molar-refractivity contribution < 1.29 is 27.4 Å². The van der Waals surface area contributed by atoms with Gasteiger partial charge in [0.15, 0.2) is 18.1 Å². The topological polar surface area (TPSA) is 66.8 Å². The fourth-order valence-electron chi connectivity index (χ4n) is 5.22. The zero-order valence-corrected chi connectivity index (χ0v) is 24.0. The van der Waals surface area contributed by atoms with Gasteiger partial charge in [0, 0.05) is 31.2 Å². The van der Waals surface area contributed by atoms with E-state index in [1.165, 1.54) is 5.56 Å². The smallest absolute Gasteiger partial charge is 0.422 e. The van der Waals surface area contributed by atoms with Gasteiger partial charge >= 0.3 is 6.18 Å². The molecule has 0 spiro atoms. The Kier molecular flexibility index (Phi) is 11.0. The van der Waals surface area contributed by atoms with Crippen molar-refractivity contribution in [3.8, 4) is 6.07 Å². The Hall–Kier alpha value is -3.90. The Balaban J connectivity index is 1.22. The van der Waals surface area contributed by atoms with E-state index in [-0.39, 0.29) is 11.8 Å². The number of fused-ring (bicyclic) bond motifs is 1. The first-order valence-corrected chi connectivity index (χ1v) is 14.4. The largest absolute Gasteiger partial charge is 0.494 e. The normalized spacial score (nSPS) is 15.3. The third-order valence-electron chi connectivity index (χ3n) is 7.14. The highest BCUT2D eigenvalue weighted by Crippen LogP contribution is 2.33. The molecule has 2 aromatic carbocycles. The molecular weight excluding hydrogens is 543 g/mol. The second kappa shape index (κ2) is 14.8. The molecule has 1 heterocycles. The Labute approximate surface area is 246 Å². The first kappa shape index (κ1) is 31.0. The van der Waals surface area contributed by atoms with Crippen molar-refractivity contribution in [3.05, 3.63) is 95.0 Å². The van der Waals surface area contributed by atoms with E-state index in [2.05, 4.69) is 35.9 Å². The van der Waals surface area contributed by atoms with E-state index in [0.717, 1.165) is 49.2 Å². The lowest BCUT2D eigenvalue weighted by atomic mass is 9.99. The Morgan fingerprint density at radius 1 is 1.10 bits per heavy atom. The summed E-state index contributed by atoms with van der Waals surface area (Å²) < 4.78 is 54.1. The van der Waals surface area contributed by atoms with Gasteiger partial charge in [-0.1, -0.05) is 43.0 Å². The van der Waals surface area contributed by atoms with Crippen molar-refractivity contribution in [1.82, 2.24) is 5.32 Å². The molecular formula is C33H38F3N3O3. The highest BCUT2D eigenvalue weighted by molar-refractivity contribution is 5.68. The van der Waals surface area contributed by atoms with Crippen LogP contribution in [0.2, 0.25) is 0 Å². The van der Waals surface area contributed by atoms with Crippen molar-refractivity contribution in [2.75, 3.05) is 44.4 Å². The summed E-state index contributed by atoms with van der Waals surface area (Å²) >= 11 is 0. The maximum absolute atomic E-state index is 12.5. The molecule has 1 aliphatic heterocycles. The number of hydrogen-bond donors (Lipinski definition) is 1. The van der Waals surface area contributed by atoms with Crippen molar-refractivity contribution in [2.24, 2.45) is 0 Å². The molecule has 1 atom stereocenters. The molecule has 0 radical (unpaired) electrons. The molecule has 1 aliphatic carbocycles. The lowest BCUT2D eigenvalue weighted by Gasteiger charge is -2.22. The van der Waals surface area contributed by atoms with E-state index in [1.54, 1.807) is 12.2 Å². The van der Waals surface area contributed by atoms with Crippen LogP contribution >= 0.6 is 0 Å². The molecule has 6 nitrogen and oxygen atoms in total. The monoisotopic (exact) mass is 581 g/mol. The van der Waals surface area contributed by atoms with Crippen LogP contribution in [0.15, 0.2) is 72.7 Å². The number of ether oxygens (including phenoxy) is 3. The van der Waals surface area contributed by atoms with Crippen LogP contribution in [0.25, 0.3) is 5.76 Å². The minimum Gasteiger partial charge on any atom is -0.494 e. The number of nitriles is 1. The molecule has 4 rings (SSSR count). The molecule has 0 amide bonds. The first-order valence-electron chi connectivity index (χ1n) is 14.4. The molecule has 0 saturated heterocycles. The van der Waals surface area contributed by atoms with Gasteiger partial charge in [0.05, 0.1) is 17.9 Å². The van der Waals surface area contributed by atoms with Crippen LogP contribution in [-0.2, 0) is 27.1 Å². The molecule has 0 saturated carbocycles. The fraction of sp³-hybridized carbons (Fsp3) is 0.424. The highest BCUT2D eigenvalue weighted by atomic mass is 19.4. The summed E-state index contributed by atoms with van der Waals surface area (Å²) in [7, 11) is 0. The number of nitrogens with one attached hydrogen (secondary N) is 1. The Morgan fingerprint density at radius 3 is 2.55 bits per heavy atom. The molecule has 9 heteroatoms. The van der Waals surface area contributed by atoms with Gasteiger partial charge in [0.1, 0.15) is 18.4 Å². The highest BCUT2D eigenvalue weighted by Gasteiger charge is 2.30. The van der Waals surface area contributed by atoms with E-state index >= 15 is 0 Å². The zero-order chi connectivity index (χ0) is 30.0. The number of hydrogen-bond acceptors (Lipinski definition) is 6. The van der Waals surface area contributed by atoms with Crippen LogP contribution in [0.3, 0.4) is 0 Å². The lowest BCUT2D eigenvalue weighted by molar-refractivity contribution is -0.165. The van der Waals surface area contributed by atoms with E-state index in [9.17, 15) is 18.4 Å². The lowest BCUT2D eigenvalue weighted by Crippen LogP contribution is -2.31. The third kappa shape index (κ3) is 9.05. The summed E-state index contributed by atoms with van der Waals surface area (Å²) in [6, 6.07) is 16.5. The predicted octanol–water partition coefficient (Wildman–Crippen LogP) is 6.68. The predicted molar refractivity (Wildman–Crippen MR) is 158 cm³/mol. The van der Waals surface area contributed by atoms with E-state index in [4.69, 9.17) is 14.2 Å². The average molecular weight is 582 g/mol. The summed E-state index contributed by atoms with van der Waals surface area (Å²) in [5, 5.41) is 13.3. The number of allylic oxidation sites excluding steroid dienone is 2. The zero-order valence-electron chi connectivity index (χ0n) is 24.0. The Morgan fingerprint density at radius 2 is 1.83 bits per heavy atom. The molecule has 0 fully saturated rings. The summed E-state index contributed by atoms with van der Waals surface area (Å²) in [5.74, 6) is 1.17. The van der Waals surface area contributed by atoms with Crippen LogP contribution in [0.5, 0.6) is 0 Å². The summed E-state index contributed by atoms with van der Waals surface area (Å²) in [6.45, 7) is 7.80. The number of halogens is 3. The second-order valence-corrected chi connectivity index (χ2v) is 10.5. The maximum atomic E-state index is 12.5. The van der Waals surface area contributed by atoms with Crippen LogP contribution < -0.4 is 10.2 Å². The molecule has 2 aromatic rings. The number of rotatable bonds is 15. The Bertz CT molecular complexity index is 1320. The van der Waals surface area contributed by atoms with Crippen molar-refractivity contribution >= 4 is 11.4 Å². The van der Waals surface area contributed by atoms with Crippen LogP contribution in [0.1, 0.15) is 48.4 Å². The first-order chi connectivity index (χ1) is 20.2. The van der Waals surface area contributed by atoms with Crippen molar-refractivity contribution in [3.63, 3.8) is 0 Å². The van der Waals surface area contributed by atoms with Crippen molar-refractivity contribution in [1.29, 1.82) is 5.26 Å². The van der Waals surface area contributed by atoms with Gasteiger partial charge in [-0.3, -0.25) is 0 Å². The van der Waals surface area contributed by atoms with E-state index in [0.29, 0.717) is 49.7 Å². The van der Waals surface area contributed by atoms with Crippen molar-refractivity contribution in [2.45, 2.75) is 51.2 Å². The molecule has 224 valence electrons. The average Bonchev–Trinajstić information content (AvgIpc) is 3.39. The quantitative estimate of drug-likeness (QED) is 0.187. The SMILES string of the molecule is C=C(OCCCN1CCc2cc(C[C@@H](C)NCCOC3=CCCC=C3OCC(F)(F)F)cc(C#N)c21)c1ccccc1. The van der Waals surface area contributed by atoms with Gasteiger partial charge in [-0.2, -0.15) is 18.4 Å². The number of anilines is 1. The molecule has 0 bridgehead atoms.